The topological polar surface area (TPSA) is 56.3 Å². The van der Waals surface area contributed by atoms with Gasteiger partial charge in [0.15, 0.2) is 5.82 Å². The summed E-state index contributed by atoms with van der Waals surface area (Å²) in [4.78, 5) is 8.24. The molecule has 5 heteroatoms. The van der Waals surface area contributed by atoms with Crippen LogP contribution in [-0.2, 0) is 0 Å². The Labute approximate surface area is 109 Å². The van der Waals surface area contributed by atoms with Crippen LogP contribution < -0.4 is 14.8 Å². The predicted octanol–water partition coefficient (Wildman–Crippen LogP) is 2.73. The van der Waals surface area contributed by atoms with Crippen LogP contribution in [0.15, 0.2) is 6.33 Å². The number of methoxy groups -OCH3 is 1. The highest BCUT2D eigenvalue weighted by Gasteiger charge is 2.12. The van der Waals surface area contributed by atoms with Crippen molar-refractivity contribution in [3.8, 4) is 11.6 Å². The maximum atomic E-state index is 5.65. The van der Waals surface area contributed by atoms with Gasteiger partial charge in [-0.2, -0.15) is 4.98 Å². The van der Waals surface area contributed by atoms with Crippen molar-refractivity contribution in [3.05, 3.63) is 6.33 Å². The largest absolute Gasteiger partial charge is 0.489 e. The van der Waals surface area contributed by atoms with Gasteiger partial charge in [-0.3, -0.25) is 0 Å². The molecule has 1 aromatic heterocycles. The Bertz CT molecular complexity index is 356. The van der Waals surface area contributed by atoms with Crippen molar-refractivity contribution in [2.75, 3.05) is 25.6 Å². The average Bonchev–Trinajstić information content (AvgIpc) is 2.35. The van der Waals surface area contributed by atoms with Crippen LogP contribution in [0.4, 0.5) is 5.82 Å². The van der Waals surface area contributed by atoms with Gasteiger partial charge in [0.1, 0.15) is 6.33 Å². The standard InChI is InChI=1S/C13H23N3O2/c1-5-14-12-11(17-4)13(16-9-15-12)18-8-6-7-10(2)3/h9-10H,5-8H2,1-4H3,(H,14,15,16). The number of nitrogens with zero attached hydrogens (tertiary/aromatic N) is 2. The third kappa shape index (κ3) is 4.39. The van der Waals surface area contributed by atoms with Crippen LogP contribution in [0.5, 0.6) is 11.6 Å². The third-order valence-corrected chi connectivity index (χ3v) is 2.48. The summed E-state index contributed by atoms with van der Waals surface area (Å²) in [5.41, 5.74) is 0. The van der Waals surface area contributed by atoms with Gasteiger partial charge < -0.3 is 14.8 Å². The number of rotatable bonds is 8. The summed E-state index contributed by atoms with van der Waals surface area (Å²) in [5.74, 6) is 2.45. The van der Waals surface area contributed by atoms with Crippen molar-refractivity contribution >= 4 is 5.82 Å². The first-order valence-electron chi connectivity index (χ1n) is 6.44. The number of hydrogen-bond acceptors (Lipinski definition) is 5. The highest BCUT2D eigenvalue weighted by atomic mass is 16.5. The fraction of sp³-hybridized carbons (Fsp3) is 0.692. The molecule has 0 aliphatic heterocycles. The molecule has 0 aliphatic rings. The van der Waals surface area contributed by atoms with Crippen molar-refractivity contribution in [1.82, 2.24) is 9.97 Å². The second kappa shape index (κ2) is 7.74. The first kappa shape index (κ1) is 14.5. The van der Waals surface area contributed by atoms with Gasteiger partial charge in [-0.15, -0.1) is 0 Å². The molecule has 5 nitrogen and oxygen atoms in total. The zero-order valence-corrected chi connectivity index (χ0v) is 11.7. The van der Waals surface area contributed by atoms with E-state index in [-0.39, 0.29) is 0 Å². The lowest BCUT2D eigenvalue weighted by atomic mass is 10.1. The van der Waals surface area contributed by atoms with Crippen molar-refractivity contribution in [1.29, 1.82) is 0 Å². The number of hydrogen-bond donors (Lipinski definition) is 1. The van der Waals surface area contributed by atoms with Gasteiger partial charge in [0, 0.05) is 6.54 Å². The zero-order chi connectivity index (χ0) is 13.4. The van der Waals surface area contributed by atoms with E-state index in [0.29, 0.717) is 30.0 Å². The molecule has 1 heterocycles. The highest BCUT2D eigenvalue weighted by Crippen LogP contribution is 2.30. The van der Waals surface area contributed by atoms with Crippen LogP contribution >= 0.6 is 0 Å². The number of aromatic nitrogens is 2. The Kier molecular flexibility index (Phi) is 6.25. The van der Waals surface area contributed by atoms with Gasteiger partial charge in [-0.25, -0.2) is 4.98 Å². The van der Waals surface area contributed by atoms with E-state index in [1.807, 2.05) is 6.92 Å². The maximum absolute atomic E-state index is 5.65. The smallest absolute Gasteiger partial charge is 0.262 e. The molecule has 0 saturated carbocycles. The minimum absolute atomic E-state index is 0.507. The van der Waals surface area contributed by atoms with Crippen LogP contribution in [0.25, 0.3) is 0 Å². The third-order valence-electron chi connectivity index (χ3n) is 2.48. The summed E-state index contributed by atoms with van der Waals surface area (Å²) < 4.78 is 10.9. The summed E-state index contributed by atoms with van der Waals surface area (Å²) in [6.07, 6.45) is 3.65. The van der Waals surface area contributed by atoms with Crippen LogP contribution in [0.2, 0.25) is 0 Å². The predicted molar refractivity (Wildman–Crippen MR) is 72.3 cm³/mol. The molecule has 18 heavy (non-hydrogen) atoms. The second-order valence-electron chi connectivity index (χ2n) is 4.48. The van der Waals surface area contributed by atoms with E-state index < -0.39 is 0 Å². The molecule has 0 unspecified atom stereocenters. The van der Waals surface area contributed by atoms with Crippen LogP contribution in [-0.4, -0.2) is 30.2 Å². The monoisotopic (exact) mass is 253 g/mol. The first-order valence-corrected chi connectivity index (χ1v) is 6.44. The van der Waals surface area contributed by atoms with E-state index in [2.05, 4.69) is 29.1 Å². The molecule has 102 valence electrons. The number of ether oxygens (including phenoxy) is 2. The van der Waals surface area contributed by atoms with Gasteiger partial charge in [0.25, 0.3) is 5.88 Å². The lowest BCUT2D eigenvalue weighted by Crippen LogP contribution is -2.07. The van der Waals surface area contributed by atoms with Crippen LogP contribution in [0.1, 0.15) is 33.6 Å². The molecule has 0 radical (unpaired) electrons. The highest BCUT2D eigenvalue weighted by molar-refractivity contribution is 5.54. The van der Waals surface area contributed by atoms with Gasteiger partial charge in [0.2, 0.25) is 5.75 Å². The van der Waals surface area contributed by atoms with Crippen LogP contribution in [0.3, 0.4) is 0 Å². The zero-order valence-electron chi connectivity index (χ0n) is 11.7. The molecule has 0 amide bonds. The van der Waals surface area contributed by atoms with Crippen LogP contribution in [0, 0.1) is 5.92 Å². The van der Waals surface area contributed by atoms with Gasteiger partial charge >= 0.3 is 0 Å². The Hall–Kier alpha value is -1.52. The molecule has 0 bridgehead atoms. The minimum Gasteiger partial charge on any atom is -0.489 e. The molecule has 0 aliphatic carbocycles. The summed E-state index contributed by atoms with van der Waals surface area (Å²) in [7, 11) is 1.60. The molecule has 0 aromatic carbocycles. The molecule has 0 atom stereocenters. The Morgan fingerprint density at radius 1 is 1.33 bits per heavy atom. The molecule has 0 saturated heterocycles. The fourth-order valence-corrected chi connectivity index (χ4v) is 1.60. The van der Waals surface area contributed by atoms with E-state index in [1.165, 1.54) is 6.33 Å². The van der Waals surface area contributed by atoms with Gasteiger partial charge in [0.05, 0.1) is 13.7 Å². The minimum atomic E-state index is 0.507. The summed E-state index contributed by atoms with van der Waals surface area (Å²) >= 11 is 0. The second-order valence-corrected chi connectivity index (χ2v) is 4.48. The molecule has 1 rings (SSSR count). The maximum Gasteiger partial charge on any atom is 0.262 e. The van der Waals surface area contributed by atoms with Crippen molar-refractivity contribution in [2.24, 2.45) is 5.92 Å². The van der Waals surface area contributed by atoms with E-state index in [9.17, 15) is 0 Å². The Morgan fingerprint density at radius 2 is 2.11 bits per heavy atom. The van der Waals surface area contributed by atoms with E-state index in [4.69, 9.17) is 9.47 Å². The lowest BCUT2D eigenvalue weighted by molar-refractivity contribution is 0.268. The SMILES string of the molecule is CCNc1ncnc(OCCCC(C)C)c1OC. The average molecular weight is 253 g/mol. The molecule has 0 spiro atoms. The van der Waals surface area contributed by atoms with Gasteiger partial charge in [-0.1, -0.05) is 13.8 Å². The lowest BCUT2D eigenvalue weighted by Gasteiger charge is -2.13. The Balaban J connectivity index is 2.61. The van der Waals surface area contributed by atoms with Crippen molar-refractivity contribution in [2.45, 2.75) is 33.6 Å². The molecule has 0 fully saturated rings. The van der Waals surface area contributed by atoms with E-state index in [0.717, 1.165) is 19.4 Å². The number of nitrogens with one attached hydrogen (secondary N) is 1. The molecule has 1 N–H and O–H groups in total. The molecule has 1 aromatic rings. The van der Waals surface area contributed by atoms with E-state index in [1.54, 1.807) is 7.11 Å². The quantitative estimate of drug-likeness (QED) is 0.722. The summed E-state index contributed by atoms with van der Waals surface area (Å²) in [6.45, 7) is 7.84. The van der Waals surface area contributed by atoms with Gasteiger partial charge in [-0.05, 0) is 25.7 Å². The van der Waals surface area contributed by atoms with Crippen molar-refractivity contribution in [3.63, 3.8) is 0 Å². The summed E-state index contributed by atoms with van der Waals surface area (Å²) in [6, 6.07) is 0. The molecular formula is C13H23N3O2. The fourth-order valence-electron chi connectivity index (χ4n) is 1.60. The summed E-state index contributed by atoms with van der Waals surface area (Å²) in [5, 5.41) is 3.12. The van der Waals surface area contributed by atoms with Crippen molar-refractivity contribution < 1.29 is 9.47 Å². The Morgan fingerprint density at radius 3 is 2.72 bits per heavy atom. The molecular weight excluding hydrogens is 230 g/mol. The normalized spacial score (nSPS) is 10.5. The first-order chi connectivity index (χ1) is 8.69. The number of anilines is 1. The van der Waals surface area contributed by atoms with E-state index >= 15 is 0 Å².